The lowest BCUT2D eigenvalue weighted by atomic mass is 10.1. The Morgan fingerprint density at radius 1 is 1.46 bits per heavy atom. The fraction of sp³-hybridized carbons (Fsp3) is 0.714. The van der Waals surface area contributed by atoms with Crippen LogP contribution in [0.1, 0.15) is 0 Å². The number of hydrogen-bond donors (Lipinski definition) is 1. The van der Waals surface area contributed by atoms with Gasteiger partial charge in [-0.3, -0.25) is 14.5 Å². The smallest absolute Gasteiger partial charge is 0.317 e. The number of piperidine rings is 1. The molecular formula is C7H9Cl2NO3. The first kappa shape index (κ1) is 10.8. The molecule has 1 heterocycles. The molecule has 0 saturated carbocycles. The summed E-state index contributed by atoms with van der Waals surface area (Å²) >= 11 is 11.3. The minimum atomic E-state index is -0.943. The number of carboxylic acid groups (broad SMARTS) is 1. The van der Waals surface area contributed by atoms with Gasteiger partial charge >= 0.3 is 5.97 Å². The predicted octanol–water partition coefficient (Wildman–Crippen LogP) is 0.170. The largest absolute Gasteiger partial charge is 0.480 e. The Balaban J connectivity index is 2.53. The number of hydrogen-bond acceptors (Lipinski definition) is 3. The molecule has 0 bridgehead atoms. The molecule has 0 aromatic carbocycles. The second-order valence-electron chi connectivity index (χ2n) is 2.93. The van der Waals surface area contributed by atoms with E-state index in [1.54, 1.807) is 4.90 Å². The summed E-state index contributed by atoms with van der Waals surface area (Å²) in [6.45, 7) is 0.394. The van der Waals surface area contributed by atoms with Crippen LogP contribution in [0.4, 0.5) is 0 Å². The van der Waals surface area contributed by atoms with Crippen molar-refractivity contribution in [2.45, 2.75) is 10.8 Å². The number of likely N-dealkylation sites (tertiary alicyclic amines) is 1. The van der Waals surface area contributed by atoms with Gasteiger partial charge in [-0.25, -0.2) is 0 Å². The zero-order valence-electron chi connectivity index (χ0n) is 6.74. The molecule has 2 atom stereocenters. The number of aliphatic carboxylic acids is 1. The Bertz CT molecular complexity index is 220. The number of carboxylic acids is 1. The van der Waals surface area contributed by atoms with Crippen LogP contribution in [0.3, 0.4) is 0 Å². The number of nitrogens with zero attached hydrogens (tertiary/aromatic N) is 1. The number of carbonyl (C=O) groups is 2. The van der Waals surface area contributed by atoms with Gasteiger partial charge in [0.2, 0.25) is 0 Å². The molecule has 0 aromatic rings. The molecule has 1 rings (SSSR count). The maximum Gasteiger partial charge on any atom is 0.317 e. The van der Waals surface area contributed by atoms with Crippen molar-refractivity contribution < 1.29 is 14.7 Å². The van der Waals surface area contributed by atoms with E-state index >= 15 is 0 Å². The van der Waals surface area contributed by atoms with E-state index in [9.17, 15) is 9.59 Å². The highest BCUT2D eigenvalue weighted by molar-refractivity contribution is 6.40. The third-order valence-corrected chi connectivity index (χ3v) is 2.52. The van der Waals surface area contributed by atoms with Crippen molar-refractivity contribution in [2.75, 3.05) is 19.6 Å². The number of rotatable bonds is 2. The van der Waals surface area contributed by atoms with Crippen molar-refractivity contribution in [1.29, 1.82) is 0 Å². The Labute approximate surface area is 85.4 Å². The van der Waals surface area contributed by atoms with Gasteiger partial charge in [-0.1, -0.05) is 0 Å². The summed E-state index contributed by atoms with van der Waals surface area (Å²) in [5.74, 6) is -1.16. The maximum absolute atomic E-state index is 11.1. The number of carbonyl (C=O) groups excluding carboxylic acids is 1. The van der Waals surface area contributed by atoms with E-state index in [0.717, 1.165) is 0 Å². The molecule has 6 heteroatoms. The zero-order chi connectivity index (χ0) is 10.0. The molecule has 13 heavy (non-hydrogen) atoms. The number of halogens is 2. The van der Waals surface area contributed by atoms with Crippen LogP contribution in [-0.4, -0.2) is 52.1 Å². The Morgan fingerprint density at radius 3 is 2.31 bits per heavy atom. The van der Waals surface area contributed by atoms with E-state index in [0.29, 0.717) is 0 Å². The molecule has 74 valence electrons. The molecule has 4 nitrogen and oxygen atoms in total. The molecule has 0 spiro atoms. The van der Waals surface area contributed by atoms with Crippen molar-refractivity contribution in [3.8, 4) is 0 Å². The van der Waals surface area contributed by atoms with Crippen molar-refractivity contribution in [3.63, 3.8) is 0 Å². The molecule has 1 N–H and O–H groups in total. The minimum Gasteiger partial charge on any atom is -0.480 e. The standard InChI is InChI=1S/C7H9Cl2NO3/c8-4-1-10(3-6(11)12)2-5(9)7(4)13/h4-5H,1-3H2,(H,11,12)/t4-,5+. The lowest BCUT2D eigenvalue weighted by Gasteiger charge is -2.30. The fourth-order valence-electron chi connectivity index (χ4n) is 1.22. The minimum absolute atomic E-state index is 0.125. The molecule has 1 saturated heterocycles. The van der Waals surface area contributed by atoms with Crippen LogP contribution in [0.2, 0.25) is 0 Å². The van der Waals surface area contributed by atoms with Crippen molar-refractivity contribution >= 4 is 35.0 Å². The normalized spacial score (nSPS) is 30.5. The second kappa shape index (κ2) is 4.26. The first-order valence-corrected chi connectivity index (χ1v) is 4.64. The van der Waals surface area contributed by atoms with E-state index in [4.69, 9.17) is 28.3 Å². The van der Waals surface area contributed by atoms with Crippen LogP contribution >= 0.6 is 23.2 Å². The van der Waals surface area contributed by atoms with Crippen LogP contribution in [-0.2, 0) is 9.59 Å². The number of alkyl halides is 2. The fourth-order valence-corrected chi connectivity index (χ4v) is 1.98. The van der Waals surface area contributed by atoms with E-state index < -0.39 is 16.7 Å². The summed E-state index contributed by atoms with van der Waals surface area (Å²) in [6, 6.07) is 0. The Morgan fingerprint density at radius 2 is 1.92 bits per heavy atom. The van der Waals surface area contributed by atoms with Crippen LogP contribution < -0.4 is 0 Å². The Hall–Kier alpha value is -0.320. The molecule has 1 aliphatic rings. The average molecular weight is 226 g/mol. The molecule has 1 aliphatic heterocycles. The Kier molecular flexibility index (Phi) is 3.53. The highest BCUT2D eigenvalue weighted by Gasteiger charge is 2.33. The van der Waals surface area contributed by atoms with Gasteiger partial charge in [0.25, 0.3) is 0 Å². The van der Waals surface area contributed by atoms with E-state index in [1.165, 1.54) is 0 Å². The average Bonchev–Trinajstić information content (AvgIpc) is 1.98. The molecule has 1 fully saturated rings. The van der Waals surface area contributed by atoms with Gasteiger partial charge in [0.05, 0.1) is 6.54 Å². The lowest BCUT2D eigenvalue weighted by molar-refractivity contribution is -0.139. The summed E-state index contributed by atoms with van der Waals surface area (Å²) in [7, 11) is 0. The highest BCUT2D eigenvalue weighted by atomic mass is 35.5. The van der Waals surface area contributed by atoms with Crippen LogP contribution in [0, 0.1) is 0 Å². The summed E-state index contributed by atoms with van der Waals surface area (Å²) < 4.78 is 0. The quantitative estimate of drug-likeness (QED) is 0.682. The van der Waals surface area contributed by atoms with Gasteiger partial charge < -0.3 is 5.11 Å². The molecule has 0 amide bonds. The summed E-state index contributed by atoms with van der Waals surface area (Å²) in [5, 5.41) is 7.12. The van der Waals surface area contributed by atoms with Gasteiger partial charge in [-0.05, 0) is 0 Å². The molecule has 0 aliphatic carbocycles. The van der Waals surface area contributed by atoms with Gasteiger partial charge in [-0.15, -0.1) is 23.2 Å². The summed E-state index contributed by atoms with van der Waals surface area (Å²) in [5.41, 5.74) is 0. The predicted molar refractivity (Wildman–Crippen MR) is 48.4 cm³/mol. The highest BCUT2D eigenvalue weighted by Crippen LogP contribution is 2.16. The van der Waals surface area contributed by atoms with Crippen molar-refractivity contribution in [1.82, 2.24) is 4.90 Å². The zero-order valence-corrected chi connectivity index (χ0v) is 8.25. The molecule has 0 aromatic heterocycles. The van der Waals surface area contributed by atoms with Crippen molar-refractivity contribution in [3.05, 3.63) is 0 Å². The molecule has 0 radical (unpaired) electrons. The first-order valence-electron chi connectivity index (χ1n) is 3.76. The van der Waals surface area contributed by atoms with E-state index in [2.05, 4.69) is 0 Å². The summed E-state index contributed by atoms with van der Waals surface area (Å²) in [6.07, 6.45) is 0. The van der Waals surface area contributed by atoms with Crippen LogP contribution in [0.5, 0.6) is 0 Å². The van der Waals surface area contributed by atoms with E-state index in [-0.39, 0.29) is 25.4 Å². The second-order valence-corrected chi connectivity index (χ2v) is 3.98. The molecule has 0 unspecified atom stereocenters. The van der Waals surface area contributed by atoms with Crippen LogP contribution in [0.25, 0.3) is 0 Å². The van der Waals surface area contributed by atoms with Gasteiger partial charge in [0.15, 0.2) is 5.78 Å². The lowest BCUT2D eigenvalue weighted by Crippen LogP contribution is -2.50. The number of ketones is 1. The SMILES string of the molecule is O=C(O)CN1C[C@@H](Cl)C(=O)[C@@H](Cl)C1. The van der Waals surface area contributed by atoms with Gasteiger partial charge in [0, 0.05) is 13.1 Å². The third kappa shape index (κ3) is 2.83. The van der Waals surface area contributed by atoms with E-state index in [1.807, 2.05) is 0 Å². The first-order chi connectivity index (χ1) is 6.00. The number of Topliss-reactive ketones (excluding diaryl/α,β-unsaturated/α-hetero) is 1. The van der Waals surface area contributed by atoms with Gasteiger partial charge in [0.1, 0.15) is 10.8 Å². The van der Waals surface area contributed by atoms with Crippen LogP contribution in [0.15, 0.2) is 0 Å². The van der Waals surface area contributed by atoms with Gasteiger partial charge in [-0.2, -0.15) is 0 Å². The van der Waals surface area contributed by atoms with Crippen molar-refractivity contribution in [2.24, 2.45) is 0 Å². The topological polar surface area (TPSA) is 57.6 Å². The maximum atomic E-state index is 11.1. The summed E-state index contributed by atoms with van der Waals surface area (Å²) in [4.78, 5) is 23.0. The third-order valence-electron chi connectivity index (χ3n) is 1.81. The monoisotopic (exact) mass is 225 g/mol. The molecular weight excluding hydrogens is 217 g/mol.